The predicted molar refractivity (Wildman–Crippen MR) is 78.0 cm³/mol. The maximum absolute atomic E-state index is 12.2. The molecule has 1 saturated heterocycles. The molecule has 0 aliphatic carbocycles. The number of nitrogens with zero attached hydrogens (tertiary/aromatic N) is 2. The number of hydrogen-bond acceptors (Lipinski definition) is 2. The summed E-state index contributed by atoms with van der Waals surface area (Å²) in [5.74, 6) is -0.111. The van der Waals surface area contributed by atoms with Crippen molar-refractivity contribution in [3.8, 4) is 0 Å². The van der Waals surface area contributed by atoms with Crippen LogP contribution in [0.2, 0.25) is 0 Å². The highest BCUT2D eigenvalue weighted by Gasteiger charge is 2.39. The molecule has 0 N–H and O–H groups in total. The Bertz CT molecular complexity index is 528. The first-order valence-electron chi connectivity index (χ1n) is 6.15. The number of halogens is 1. The summed E-state index contributed by atoms with van der Waals surface area (Å²) in [5, 5.41) is 0. The van der Waals surface area contributed by atoms with E-state index in [1.54, 1.807) is 9.80 Å². The van der Waals surface area contributed by atoms with Crippen molar-refractivity contribution in [2.45, 2.75) is 26.3 Å². The second-order valence-corrected chi connectivity index (χ2v) is 6.29. The molecule has 0 unspecified atom stereocenters. The Labute approximate surface area is 121 Å². The standard InChI is InChI=1S/C14H17BrN2O2/c1-10(18)17-8-13(19)16(9-14(17,2)3)12-6-4-5-11(15)7-12/h4-7H,8-9H2,1-3H3. The number of hydrogen-bond donors (Lipinski definition) is 0. The zero-order valence-electron chi connectivity index (χ0n) is 11.3. The van der Waals surface area contributed by atoms with Crippen molar-refractivity contribution in [1.29, 1.82) is 0 Å². The Hall–Kier alpha value is -1.36. The van der Waals surface area contributed by atoms with Gasteiger partial charge in [0.15, 0.2) is 0 Å². The van der Waals surface area contributed by atoms with E-state index in [1.807, 2.05) is 38.1 Å². The average molecular weight is 325 g/mol. The lowest BCUT2D eigenvalue weighted by atomic mass is 9.98. The second-order valence-electron chi connectivity index (χ2n) is 5.38. The Kier molecular flexibility index (Phi) is 3.67. The van der Waals surface area contributed by atoms with Crippen LogP contribution in [0.1, 0.15) is 20.8 Å². The first-order chi connectivity index (χ1) is 8.81. The monoisotopic (exact) mass is 324 g/mol. The summed E-state index contributed by atoms with van der Waals surface area (Å²) in [7, 11) is 0. The number of carbonyl (C=O) groups excluding carboxylic acids is 2. The fourth-order valence-electron chi connectivity index (χ4n) is 2.41. The van der Waals surface area contributed by atoms with Gasteiger partial charge in [-0.25, -0.2) is 0 Å². The molecule has 0 saturated carbocycles. The number of piperazine rings is 1. The molecule has 2 rings (SSSR count). The zero-order chi connectivity index (χ0) is 14.2. The molecule has 0 aromatic heterocycles. The van der Waals surface area contributed by atoms with Crippen LogP contribution in [0.3, 0.4) is 0 Å². The summed E-state index contributed by atoms with van der Waals surface area (Å²) in [6.45, 7) is 6.10. The van der Waals surface area contributed by atoms with Crippen LogP contribution in [0, 0.1) is 0 Å². The Morgan fingerprint density at radius 2 is 2.05 bits per heavy atom. The number of rotatable bonds is 1. The summed E-state index contributed by atoms with van der Waals surface area (Å²) in [6, 6.07) is 7.64. The van der Waals surface area contributed by atoms with Crippen LogP contribution < -0.4 is 4.90 Å². The number of amides is 2. The molecule has 0 bridgehead atoms. The van der Waals surface area contributed by atoms with Crippen molar-refractivity contribution in [2.24, 2.45) is 0 Å². The lowest BCUT2D eigenvalue weighted by molar-refractivity contribution is -0.141. The van der Waals surface area contributed by atoms with Gasteiger partial charge in [0.1, 0.15) is 6.54 Å². The highest BCUT2D eigenvalue weighted by molar-refractivity contribution is 9.10. The molecule has 0 radical (unpaired) electrons. The fourth-order valence-corrected chi connectivity index (χ4v) is 2.80. The van der Waals surface area contributed by atoms with Gasteiger partial charge in [-0.1, -0.05) is 22.0 Å². The van der Waals surface area contributed by atoms with Gasteiger partial charge in [0.2, 0.25) is 11.8 Å². The highest BCUT2D eigenvalue weighted by atomic mass is 79.9. The third-order valence-electron chi connectivity index (χ3n) is 3.37. The molecule has 0 spiro atoms. The van der Waals surface area contributed by atoms with Crippen LogP contribution in [0.4, 0.5) is 5.69 Å². The van der Waals surface area contributed by atoms with Gasteiger partial charge in [-0.05, 0) is 32.0 Å². The molecule has 1 fully saturated rings. The van der Waals surface area contributed by atoms with E-state index in [1.165, 1.54) is 6.92 Å². The Balaban J connectivity index is 2.31. The van der Waals surface area contributed by atoms with Gasteiger partial charge in [-0.2, -0.15) is 0 Å². The zero-order valence-corrected chi connectivity index (χ0v) is 12.9. The molecule has 102 valence electrons. The Morgan fingerprint density at radius 1 is 1.37 bits per heavy atom. The lowest BCUT2D eigenvalue weighted by Gasteiger charge is -2.46. The minimum atomic E-state index is -0.359. The maximum atomic E-state index is 12.2. The summed E-state index contributed by atoms with van der Waals surface area (Å²) in [6.07, 6.45) is 0. The second kappa shape index (κ2) is 4.96. The minimum Gasteiger partial charge on any atom is -0.327 e. The van der Waals surface area contributed by atoms with Crippen molar-refractivity contribution in [3.63, 3.8) is 0 Å². The first-order valence-corrected chi connectivity index (χ1v) is 6.95. The van der Waals surface area contributed by atoms with Crippen molar-refractivity contribution >= 4 is 33.4 Å². The van der Waals surface area contributed by atoms with E-state index in [-0.39, 0.29) is 23.9 Å². The third-order valence-corrected chi connectivity index (χ3v) is 3.86. The molecular weight excluding hydrogens is 308 g/mol. The molecule has 1 aliphatic rings. The summed E-state index contributed by atoms with van der Waals surface area (Å²) >= 11 is 3.41. The fraction of sp³-hybridized carbons (Fsp3) is 0.429. The third kappa shape index (κ3) is 2.81. The average Bonchev–Trinajstić information content (AvgIpc) is 2.31. The highest BCUT2D eigenvalue weighted by Crippen LogP contribution is 2.28. The van der Waals surface area contributed by atoms with E-state index in [4.69, 9.17) is 0 Å². The Morgan fingerprint density at radius 3 is 2.63 bits per heavy atom. The molecule has 1 aromatic carbocycles. The van der Waals surface area contributed by atoms with Crippen LogP contribution in [-0.2, 0) is 9.59 Å². The molecular formula is C14H17BrN2O2. The summed E-state index contributed by atoms with van der Waals surface area (Å²) in [5.41, 5.74) is 0.498. The van der Waals surface area contributed by atoms with E-state index in [0.29, 0.717) is 6.54 Å². The SMILES string of the molecule is CC(=O)N1CC(=O)N(c2cccc(Br)c2)CC1(C)C. The molecule has 2 amide bonds. The van der Waals surface area contributed by atoms with Crippen molar-refractivity contribution in [2.75, 3.05) is 18.0 Å². The van der Waals surface area contributed by atoms with Crippen LogP contribution in [-0.4, -0.2) is 35.3 Å². The largest absolute Gasteiger partial charge is 0.327 e. The number of carbonyl (C=O) groups is 2. The van der Waals surface area contributed by atoms with Gasteiger partial charge in [0, 0.05) is 23.6 Å². The molecule has 1 heterocycles. The van der Waals surface area contributed by atoms with Crippen molar-refractivity contribution in [1.82, 2.24) is 4.90 Å². The molecule has 1 aliphatic heterocycles. The van der Waals surface area contributed by atoms with E-state index in [9.17, 15) is 9.59 Å². The molecule has 1 aromatic rings. The summed E-state index contributed by atoms with van der Waals surface area (Å²) < 4.78 is 0.935. The van der Waals surface area contributed by atoms with Crippen LogP contribution >= 0.6 is 15.9 Å². The first kappa shape index (κ1) is 14.1. The van der Waals surface area contributed by atoms with Gasteiger partial charge in [0.25, 0.3) is 0 Å². The van der Waals surface area contributed by atoms with Gasteiger partial charge in [-0.15, -0.1) is 0 Å². The molecule has 0 atom stereocenters. The lowest BCUT2D eigenvalue weighted by Crippen LogP contribution is -2.63. The molecule has 19 heavy (non-hydrogen) atoms. The normalized spacial score (nSPS) is 18.6. The van der Waals surface area contributed by atoms with Crippen LogP contribution in [0.15, 0.2) is 28.7 Å². The van der Waals surface area contributed by atoms with E-state index in [0.717, 1.165) is 10.2 Å². The van der Waals surface area contributed by atoms with Crippen molar-refractivity contribution < 1.29 is 9.59 Å². The summed E-state index contributed by atoms with van der Waals surface area (Å²) in [4.78, 5) is 27.2. The number of benzene rings is 1. The smallest absolute Gasteiger partial charge is 0.246 e. The van der Waals surface area contributed by atoms with E-state index in [2.05, 4.69) is 15.9 Å². The molecule has 5 heteroatoms. The number of anilines is 1. The van der Waals surface area contributed by atoms with E-state index < -0.39 is 0 Å². The van der Waals surface area contributed by atoms with Gasteiger partial charge in [0.05, 0.1) is 5.54 Å². The topological polar surface area (TPSA) is 40.6 Å². The van der Waals surface area contributed by atoms with Crippen LogP contribution in [0.5, 0.6) is 0 Å². The van der Waals surface area contributed by atoms with Gasteiger partial charge < -0.3 is 9.80 Å². The van der Waals surface area contributed by atoms with Gasteiger partial charge >= 0.3 is 0 Å². The van der Waals surface area contributed by atoms with Gasteiger partial charge in [-0.3, -0.25) is 9.59 Å². The predicted octanol–water partition coefficient (Wildman–Crippen LogP) is 2.42. The quantitative estimate of drug-likeness (QED) is 0.796. The van der Waals surface area contributed by atoms with Crippen LogP contribution in [0.25, 0.3) is 0 Å². The molecule has 4 nitrogen and oxygen atoms in total. The minimum absolute atomic E-state index is 0.0485. The van der Waals surface area contributed by atoms with E-state index >= 15 is 0 Å². The maximum Gasteiger partial charge on any atom is 0.246 e. The van der Waals surface area contributed by atoms with Crippen molar-refractivity contribution in [3.05, 3.63) is 28.7 Å².